The number of fused-ring (bicyclic) bond motifs is 1. The lowest BCUT2D eigenvalue weighted by atomic mass is 9.99. The van der Waals surface area contributed by atoms with Crippen molar-refractivity contribution < 1.29 is 4.74 Å². The molecule has 2 rings (SSSR count). The first-order chi connectivity index (χ1) is 8.67. The van der Waals surface area contributed by atoms with Gasteiger partial charge in [-0.05, 0) is 24.5 Å². The zero-order chi connectivity index (χ0) is 13.1. The molecule has 18 heavy (non-hydrogen) atoms. The Balaban J connectivity index is 2.74. The standard InChI is InChI=1S/C14H17N3O/c1-5-15-11-8-16-14-10(13(11)9(2)3)6-7-12(17-14)18-4/h5-9H,1-4H3. The van der Waals surface area contributed by atoms with Gasteiger partial charge in [-0.25, -0.2) is 4.98 Å². The molecule has 2 heterocycles. The van der Waals surface area contributed by atoms with Crippen LogP contribution >= 0.6 is 0 Å². The van der Waals surface area contributed by atoms with Gasteiger partial charge in [0.1, 0.15) is 0 Å². The molecule has 0 bridgehead atoms. The molecule has 0 fully saturated rings. The molecule has 2 aromatic heterocycles. The van der Waals surface area contributed by atoms with Crippen LogP contribution in [0.5, 0.6) is 5.88 Å². The fourth-order valence-corrected chi connectivity index (χ4v) is 2.03. The third-order valence-electron chi connectivity index (χ3n) is 2.78. The van der Waals surface area contributed by atoms with E-state index in [-0.39, 0.29) is 0 Å². The number of ether oxygens (including phenoxy) is 1. The SMILES string of the molecule is CC=Nc1cnc2nc(OC)ccc2c1C(C)C. The summed E-state index contributed by atoms with van der Waals surface area (Å²) < 4.78 is 5.12. The number of hydrogen-bond donors (Lipinski definition) is 0. The summed E-state index contributed by atoms with van der Waals surface area (Å²) in [6.45, 7) is 6.20. The number of methoxy groups -OCH3 is 1. The molecule has 0 atom stereocenters. The second kappa shape index (κ2) is 5.12. The van der Waals surface area contributed by atoms with Crippen molar-refractivity contribution in [2.24, 2.45) is 4.99 Å². The monoisotopic (exact) mass is 243 g/mol. The van der Waals surface area contributed by atoms with Crippen LogP contribution in [-0.4, -0.2) is 23.3 Å². The normalized spacial score (nSPS) is 11.6. The van der Waals surface area contributed by atoms with Gasteiger partial charge < -0.3 is 4.74 Å². The highest BCUT2D eigenvalue weighted by Gasteiger charge is 2.12. The molecule has 0 aliphatic rings. The van der Waals surface area contributed by atoms with Crippen LogP contribution in [0.4, 0.5) is 5.69 Å². The molecule has 0 aliphatic heterocycles. The molecular formula is C14H17N3O. The summed E-state index contributed by atoms with van der Waals surface area (Å²) in [5, 5.41) is 1.04. The average molecular weight is 243 g/mol. The van der Waals surface area contributed by atoms with Gasteiger partial charge in [-0.1, -0.05) is 13.8 Å². The second-order valence-electron chi connectivity index (χ2n) is 4.32. The van der Waals surface area contributed by atoms with E-state index in [0.717, 1.165) is 11.1 Å². The predicted octanol–water partition coefficient (Wildman–Crippen LogP) is 3.48. The predicted molar refractivity (Wildman–Crippen MR) is 74.0 cm³/mol. The average Bonchev–Trinajstić information content (AvgIpc) is 2.37. The van der Waals surface area contributed by atoms with Crippen molar-refractivity contribution >= 4 is 22.9 Å². The third-order valence-corrected chi connectivity index (χ3v) is 2.78. The first-order valence-corrected chi connectivity index (χ1v) is 5.99. The van der Waals surface area contributed by atoms with Crippen molar-refractivity contribution in [3.05, 3.63) is 23.9 Å². The van der Waals surface area contributed by atoms with E-state index >= 15 is 0 Å². The Hall–Kier alpha value is -1.97. The maximum atomic E-state index is 5.12. The maximum absolute atomic E-state index is 5.12. The van der Waals surface area contributed by atoms with Crippen molar-refractivity contribution in [3.8, 4) is 5.88 Å². The smallest absolute Gasteiger partial charge is 0.215 e. The van der Waals surface area contributed by atoms with E-state index < -0.39 is 0 Å². The molecule has 0 unspecified atom stereocenters. The van der Waals surface area contributed by atoms with E-state index in [9.17, 15) is 0 Å². The molecule has 4 heteroatoms. The van der Waals surface area contributed by atoms with Crippen LogP contribution in [-0.2, 0) is 0 Å². The van der Waals surface area contributed by atoms with E-state index in [1.54, 1.807) is 19.5 Å². The highest BCUT2D eigenvalue weighted by atomic mass is 16.5. The van der Waals surface area contributed by atoms with Gasteiger partial charge in [0.2, 0.25) is 5.88 Å². The third kappa shape index (κ3) is 2.18. The Kier molecular flexibility index (Phi) is 3.55. The quantitative estimate of drug-likeness (QED) is 0.775. The van der Waals surface area contributed by atoms with Crippen molar-refractivity contribution in [2.45, 2.75) is 26.7 Å². The van der Waals surface area contributed by atoms with E-state index in [0.29, 0.717) is 17.4 Å². The fraction of sp³-hybridized carbons (Fsp3) is 0.357. The van der Waals surface area contributed by atoms with Crippen molar-refractivity contribution in [3.63, 3.8) is 0 Å². The van der Waals surface area contributed by atoms with Crippen LogP contribution in [0, 0.1) is 0 Å². The summed E-state index contributed by atoms with van der Waals surface area (Å²) in [5.74, 6) is 0.945. The van der Waals surface area contributed by atoms with Gasteiger partial charge in [0, 0.05) is 17.7 Å². The minimum absolute atomic E-state index is 0.365. The summed E-state index contributed by atoms with van der Waals surface area (Å²) in [6.07, 6.45) is 3.55. The summed E-state index contributed by atoms with van der Waals surface area (Å²) in [5.41, 5.74) is 2.79. The van der Waals surface area contributed by atoms with E-state index in [2.05, 4.69) is 28.8 Å². The molecule has 0 aliphatic carbocycles. The lowest BCUT2D eigenvalue weighted by Gasteiger charge is -2.12. The maximum Gasteiger partial charge on any atom is 0.215 e. The first kappa shape index (κ1) is 12.5. The zero-order valence-electron chi connectivity index (χ0n) is 11.1. The molecule has 0 spiro atoms. The van der Waals surface area contributed by atoms with Gasteiger partial charge in [-0.2, -0.15) is 4.98 Å². The van der Waals surface area contributed by atoms with Crippen LogP contribution < -0.4 is 4.74 Å². The molecule has 94 valence electrons. The lowest BCUT2D eigenvalue weighted by Crippen LogP contribution is -1.96. The van der Waals surface area contributed by atoms with Gasteiger partial charge in [-0.3, -0.25) is 4.99 Å². The molecule has 0 saturated carbocycles. The largest absolute Gasteiger partial charge is 0.481 e. The molecule has 0 saturated heterocycles. The minimum Gasteiger partial charge on any atom is -0.481 e. The number of pyridine rings is 2. The molecule has 0 N–H and O–H groups in total. The summed E-state index contributed by atoms with van der Waals surface area (Å²) >= 11 is 0. The Morgan fingerprint density at radius 1 is 1.33 bits per heavy atom. The Morgan fingerprint density at radius 2 is 2.11 bits per heavy atom. The Morgan fingerprint density at radius 3 is 2.72 bits per heavy atom. The number of rotatable bonds is 3. The minimum atomic E-state index is 0.365. The fourth-order valence-electron chi connectivity index (χ4n) is 2.03. The van der Waals surface area contributed by atoms with Crippen LogP contribution in [0.1, 0.15) is 32.3 Å². The molecule has 0 aromatic carbocycles. The Bertz CT molecular complexity index is 591. The van der Waals surface area contributed by atoms with E-state index in [1.807, 2.05) is 19.1 Å². The highest BCUT2D eigenvalue weighted by Crippen LogP contribution is 2.32. The van der Waals surface area contributed by atoms with Crippen molar-refractivity contribution in [1.82, 2.24) is 9.97 Å². The van der Waals surface area contributed by atoms with Gasteiger partial charge in [0.05, 0.1) is 19.0 Å². The molecule has 2 aromatic rings. The first-order valence-electron chi connectivity index (χ1n) is 5.99. The molecular weight excluding hydrogens is 226 g/mol. The van der Waals surface area contributed by atoms with E-state index in [4.69, 9.17) is 4.74 Å². The molecule has 0 radical (unpaired) electrons. The summed E-state index contributed by atoms with van der Waals surface area (Å²) in [6, 6.07) is 3.85. The highest BCUT2D eigenvalue weighted by molar-refractivity contribution is 5.85. The van der Waals surface area contributed by atoms with Crippen LogP contribution in [0.15, 0.2) is 23.3 Å². The topological polar surface area (TPSA) is 47.4 Å². The van der Waals surface area contributed by atoms with Gasteiger partial charge >= 0.3 is 0 Å². The number of hydrogen-bond acceptors (Lipinski definition) is 4. The van der Waals surface area contributed by atoms with Gasteiger partial charge in [0.15, 0.2) is 5.65 Å². The number of aromatic nitrogens is 2. The van der Waals surface area contributed by atoms with Crippen molar-refractivity contribution in [1.29, 1.82) is 0 Å². The second-order valence-corrected chi connectivity index (χ2v) is 4.32. The Labute approximate surface area is 107 Å². The molecule has 4 nitrogen and oxygen atoms in total. The van der Waals surface area contributed by atoms with Gasteiger partial charge in [0.25, 0.3) is 0 Å². The van der Waals surface area contributed by atoms with Crippen LogP contribution in [0.25, 0.3) is 11.0 Å². The molecule has 0 amide bonds. The van der Waals surface area contributed by atoms with Crippen molar-refractivity contribution in [2.75, 3.05) is 7.11 Å². The summed E-state index contributed by atoms with van der Waals surface area (Å²) in [7, 11) is 1.60. The van der Waals surface area contributed by atoms with Crippen LogP contribution in [0.2, 0.25) is 0 Å². The number of aliphatic imine (C=N–C) groups is 1. The van der Waals surface area contributed by atoms with E-state index in [1.165, 1.54) is 5.56 Å². The summed E-state index contributed by atoms with van der Waals surface area (Å²) in [4.78, 5) is 13.1. The van der Waals surface area contributed by atoms with Crippen LogP contribution in [0.3, 0.4) is 0 Å². The zero-order valence-corrected chi connectivity index (χ0v) is 11.1. The van der Waals surface area contributed by atoms with Gasteiger partial charge in [-0.15, -0.1) is 0 Å². The number of nitrogens with zero attached hydrogens (tertiary/aromatic N) is 3. The lowest BCUT2D eigenvalue weighted by molar-refractivity contribution is 0.399.